The number of aliphatic imine (C=N–C) groups is 1. The number of primary amides is 1. The van der Waals surface area contributed by atoms with Gasteiger partial charge in [-0.05, 0) is 26.7 Å². The zero-order valence-corrected chi connectivity index (χ0v) is 24.2. The lowest BCUT2D eigenvalue weighted by molar-refractivity contribution is -0.141. The highest BCUT2D eigenvalue weighted by Gasteiger charge is 2.41. The second-order valence-electron chi connectivity index (χ2n) is 11.8. The molecule has 0 aliphatic heterocycles. The molecule has 0 saturated heterocycles. The minimum atomic E-state index is -1.33. The minimum Gasteiger partial charge on any atom is -0.370 e. The Hall–Kier alpha value is -3.81. The van der Waals surface area contributed by atoms with Gasteiger partial charge in [0.25, 0.3) is 0 Å². The highest BCUT2D eigenvalue weighted by Crippen LogP contribution is 2.32. The third-order valence-electron chi connectivity index (χ3n) is 6.60. The standard InChI is InChI=1S/C26H44N9O5/c1-24(2,12-19(37)26(5,6)35-21(39)16(27)10-15-13-31-14-33-15)18(36)11-25(3,4)22(40)34-17(20(28)38)8-7-9-32-23(29)30/h13-14,16-17,27H,7-12H2,1-6H3,(H2,28,38)(H,31,33)(H,34,40)(H,35,39)(H4,29,30,32)/t16-,17-/m0/s1. The van der Waals surface area contributed by atoms with E-state index in [2.05, 4.69) is 25.6 Å². The van der Waals surface area contributed by atoms with Crippen molar-refractivity contribution in [1.82, 2.24) is 26.3 Å². The zero-order valence-electron chi connectivity index (χ0n) is 24.2. The topological polar surface area (TPSA) is 252 Å². The fourth-order valence-corrected chi connectivity index (χ4v) is 3.76. The molecular formula is C26H44N9O5. The number of nitrogens with one attached hydrogen (secondary N) is 4. The van der Waals surface area contributed by atoms with Crippen LogP contribution < -0.4 is 33.6 Å². The van der Waals surface area contributed by atoms with Crippen LogP contribution in [0.5, 0.6) is 0 Å². The van der Waals surface area contributed by atoms with Crippen LogP contribution in [0.15, 0.2) is 17.5 Å². The summed E-state index contributed by atoms with van der Waals surface area (Å²) in [5, 5.41) is 5.20. The number of hydrogen-bond acceptors (Lipinski definition) is 7. The van der Waals surface area contributed by atoms with E-state index in [1.807, 2.05) is 0 Å². The Balaban J connectivity index is 2.78. The summed E-state index contributed by atoms with van der Waals surface area (Å²) in [4.78, 5) is 74.3. The summed E-state index contributed by atoms with van der Waals surface area (Å²) in [5.41, 5.74) is 21.0. The number of amides is 3. The van der Waals surface area contributed by atoms with Crippen LogP contribution in [0, 0.1) is 10.8 Å². The van der Waals surface area contributed by atoms with E-state index in [-0.39, 0.29) is 44.0 Å². The van der Waals surface area contributed by atoms with Crippen molar-refractivity contribution in [3.63, 3.8) is 0 Å². The Morgan fingerprint density at radius 2 is 1.60 bits per heavy atom. The normalized spacial score (nSPS) is 13.6. The maximum Gasteiger partial charge on any atom is 0.240 e. The summed E-state index contributed by atoms with van der Waals surface area (Å²) < 4.78 is 0. The molecule has 0 saturated carbocycles. The lowest BCUT2D eigenvalue weighted by atomic mass is 9.73. The van der Waals surface area contributed by atoms with E-state index in [1.165, 1.54) is 26.4 Å². The number of H-pyrrole nitrogens is 1. The number of aromatic amines is 1. The van der Waals surface area contributed by atoms with Crippen molar-refractivity contribution in [2.45, 2.75) is 91.3 Å². The van der Waals surface area contributed by atoms with Crippen LogP contribution >= 0.6 is 0 Å². The van der Waals surface area contributed by atoms with Crippen LogP contribution in [0.25, 0.3) is 0 Å². The molecule has 10 N–H and O–H groups in total. The first-order valence-corrected chi connectivity index (χ1v) is 13.0. The fraction of sp³-hybridized carbons (Fsp3) is 0.654. The Labute approximate surface area is 234 Å². The first kappa shape index (κ1) is 34.2. The van der Waals surface area contributed by atoms with E-state index in [4.69, 9.17) is 22.9 Å². The molecule has 14 heteroatoms. The average Bonchev–Trinajstić information content (AvgIpc) is 3.32. The van der Waals surface area contributed by atoms with Gasteiger partial charge in [0.2, 0.25) is 17.7 Å². The summed E-state index contributed by atoms with van der Waals surface area (Å²) >= 11 is 0. The van der Waals surface area contributed by atoms with E-state index >= 15 is 0 Å². The van der Waals surface area contributed by atoms with Crippen LogP contribution in [-0.2, 0) is 30.4 Å². The van der Waals surface area contributed by atoms with Crippen LogP contribution in [0.1, 0.15) is 72.9 Å². The molecule has 1 aromatic heterocycles. The molecule has 0 aliphatic rings. The molecule has 0 spiro atoms. The van der Waals surface area contributed by atoms with Gasteiger partial charge in [0.1, 0.15) is 17.9 Å². The van der Waals surface area contributed by atoms with Gasteiger partial charge in [-0.25, -0.2) is 10.7 Å². The number of hydrogen-bond donors (Lipinski definition) is 6. The molecule has 0 aromatic carbocycles. The number of ketones is 2. The van der Waals surface area contributed by atoms with Gasteiger partial charge in [0.05, 0.1) is 17.3 Å². The Kier molecular flexibility index (Phi) is 12.0. The van der Waals surface area contributed by atoms with E-state index in [1.54, 1.807) is 27.7 Å². The quantitative estimate of drug-likeness (QED) is 0.0817. The maximum atomic E-state index is 13.3. The van der Waals surface area contributed by atoms with Gasteiger partial charge in [0.15, 0.2) is 11.7 Å². The Morgan fingerprint density at radius 3 is 2.12 bits per heavy atom. The van der Waals surface area contributed by atoms with Gasteiger partial charge >= 0.3 is 0 Å². The molecule has 40 heavy (non-hydrogen) atoms. The number of nitrogens with two attached hydrogens (primary N) is 3. The minimum absolute atomic E-state index is 0.0861. The van der Waals surface area contributed by atoms with Crippen LogP contribution in [-0.4, -0.2) is 69.4 Å². The molecule has 14 nitrogen and oxygen atoms in total. The van der Waals surface area contributed by atoms with Gasteiger partial charge in [-0.2, -0.15) is 0 Å². The van der Waals surface area contributed by atoms with Gasteiger partial charge in [-0.1, -0.05) is 27.7 Å². The largest absolute Gasteiger partial charge is 0.370 e. The maximum absolute atomic E-state index is 13.3. The molecule has 0 unspecified atom stereocenters. The number of rotatable bonds is 17. The SMILES string of the molecule is CC(C)(CC(=O)C(C)(C)NC(=O)[C@@H]([NH])Cc1cnc[nH]1)C(=O)CC(C)(C)C(=O)N[C@@H](CCCN=C(N)N)C(N)=O. The van der Waals surface area contributed by atoms with Crippen molar-refractivity contribution >= 4 is 35.2 Å². The van der Waals surface area contributed by atoms with E-state index in [9.17, 15) is 24.0 Å². The van der Waals surface area contributed by atoms with Gasteiger partial charge in [-0.15, -0.1) is 0 Å². The molecular weight excluding hydrogens is 518 g/mol. The molecule has 1 aromatic rings. The molecule has 223 valence electrons. The first-order valence-electron chi connectivity index (χ1n) is 13.0. The van der Waals surface area contributed by atoms with Crippen molar-refractivity contribution in [2.24, 2.45) is 33.0 Å². The number of nitrogens with zero attached hydrogens (tertiary/aromatic N) is 2. The van der Waals surface area contributed by atoms with Gasteiger partial charge in [-0.3, -0.25) is 29.0 Å². The molecule has 1 radical (unpaired) electrons. The molecule has 0 fully saturated rings. The van der Waals surface area contributed by atoms with E-state index < -0.39 is 52.0 Å². The fourth-order valence-electron chi connectivity index (χ4n) is 3.76. The van der Waals surface area contributed by atoms with Gasteiger partial charge in [0, 0.05) is 43.1 Å². The number of guanidine groups is 1. The molecule has 0 bridgehead atoms. The molecule has 3 amide bonds. The molecule has 2 atom stereocenters. The van der Waals surface area contributed by atoms with Crippen molar-refractivity contribution in [2.75, 3.05) is 6.54 Å². The van der Waals surface area contributed by atoms with Crippen LogP contribution in [0.4, 0.5) is 0 Å². The van der Waals surface area contributed by atoms with Crippen molar-refractivity contribution in [3.8, 4) is 0 Å². The van der Waals surface area contributed by atoms with Crippen molar-refractivity contribution in [1.29, 1.82) is 0 Å². The second kappa shape index (κ2) is 14.0. The van der Waals surface area contributed by atoms with E-state index in [0.717, 1.165) is 0 Å². The summed E-state index contributed by atoms with van der Waals surface area (Å²) in [5.74, 6) is -2.72. The van der Waals surface area contributed by atoms with E-state index in [0.29, 0.717) is 12.1 Å². The van der Waals surface area contributed by atoms with Crippen LogP contribution in [0.3, 0.4) is 0 Å². The predicted octanol–water partition coefficient (Wildman–Crippen LogP) is -0.507. The highest BCUT2D eigenvalue weighted by molar-refractivity contribution is 5.99. The summed E-state index contributed by atoms with van der Waals surface area (Å²) in [6.07, 6.45) is 3.28. The number of carbonyl (C=O) groups excluding carboxylic acids is 5. The number of Topliss-reactive ketones (excluding diaryl/α,β-unsaturated/α-hetero) is 2. The summed E-state index contributed by atoms with van der Waals surface area (Å²) in [6, 6.07) is -2.12. The lowest BCUT2D eigenvalue weighted by Crippen LogP contribution is -2.54. The molecule has 0 aliphatic carbocycles. The monoisotopic (exact) mass is 562 g/mol. The first-order chi connectivity index (χ1) is 18.3. The number of carbonyl (C=O) groups is 5. The third-order valence-corrected chi connectivity index (χ3v) is 6.60. The molecule has 1 rings (SSSR count). The van der Waals surface area contributed by atoms with Crippen molar-refractivity contribution in [3.05, 3.63) is 18.2 Å². The van der Waals surface area contributed by atoms with Gasteiger partial charge < -0.3 is 32.8 Å². The Bertz CT molecular complexity index is 1090. The zero-order chi connectivity index (χ0) is 30.9. The number of imidazole rings is 1. The lowest BCUT2D eigenvalue weighted by Gasteiger charge is -2.33. The Morgan fingerprint density at radius 1 is 1.00 bits per heavy atom. The average molecular weight is 563 g/mol. The predicted molar refractivity (Wildman–Crippen MR) is 149 cm³/mol. The van der Waals surface area contributed by atoms with Crippen molar-refractivity contribution < 1.29 is 24.0 Å². The smallest absolute Gasteiger partial charge is 0.240 e. The second-order valence-corrected chi connectivity index (χ2v) is 11.8. The third kappa shape index (κ3) is 10.8. The summed E-state index contributed by atoms with van der Waals surface area (Å²) in [6.45, 7) is 9.62. The number of aromatic nitrogens is 2. The summed E-state index contributed by atoms with van der Waals surface area (Å²) in [7, 11) is 0. The van der Waals surface area contributed by atoms with Crippen LogP contribution in [0.2, 0.25) is 0 Å². The molecule has 1 heterocycles. The highest BCUT2D eigenvalue weighted by atomic mass is 16.2.